The molecule has 116 valence electrons. The molecule has 1 aromatic heterocycles. The summed E-state index contributed by atoms with van der Waals surface area (Å²) in [5, 5.41) is 3.28. The summed E-state index contributed by atoms with van der Waals surface area (Å²) in [5.74, 6) is -0.616. The van der Waals surface area contributed by atoms with E-state index in [-0.39, 0.29) is 17.1 Å². The topological polar surface area (TPSA) is 77.2 Å². The van der Waals surface area contributed by atoms with Gasteiger partial charge >= 0.3 is 5.97 Å². The molecule has 1 aliphatic carbocycles. The van der Waals surface area contributed by atoms with Gasteiger partial charge in [-0.15, -0.1) is 0 Å². The van der Waals surface area contributed by atoms with Gasteiger partial charge in [-0.3, -0.25) is 0 Å². The number of nitrogens with two attached hydrogens (primary N) is 1. The molecule has 1 fully saturated rings. The number of aromatic nitrogens is 1. The Balaban J connectivity index is 2.03. The number of nitrogens with zero attached hydrogens (tertiary/aromatic N) is 1. The Morgan fingerprint density at radius 2 is 2.18 bits per heavy atom. The number of allylic oxidation sites excluding steroid dienone is 3. The van der Waals surface area contributed by atoms with Crippen LogP contribution in [0.25, 0.3) is 5.57 Å². The average Bonchev–Trinajstić information content (AvgIpc) is 3.37. The summed E-state index contributed by atoms with van der Waals surface area (Å²) in [5.41, 5.74) is 8.01. The van der Waals surface area contributed by atoms with Crippen molar-refractivity contribution in [3.63, 3.8) is 0 Å². The number of ether oxygens (including phenoxy) is 1. The molecule has 0 unspecified atom stereocenters. The Morgan fingerprint density at radius 3 is 2.73 bits per heavy atom. The van der Waals surface area contributed by atoms with Crippen LogP contribution in [0.4, 0.5) is 10.1 Å². The Hall–Kier alpha value is -2.37. The maximum atomic E-state index is 14.4. The summed E-state index contributed by atoms with van der Waals surface area (Å²) in [4.78, 5) is 15.9. The molecular weight excluding hydrogens is 285 g/mol. The zero-order valence-electron chi connectivity index (χ0n) is 12.6. The van der Waals surface area contributed by atoms with Crippen LogP contribution in [0.3, 0.4) is 0 Å². The van der Waals surface area contributed by atoms with Crippen LogP contribution in [0.5, 0.6) is 0 Å². The quantitative estimate of drug-likeness (QED) is 0.837. The monoisotopic (exact) mass is 303 g/mol. The zero-order chi connectivity index (χ0) is 15.9. The molecule has 0 bridgehead atoms. The lowest BCUT2D eigenvalue weighted by Crippen LogP contribution is -2.22. The number of methoxy groups -OCH3 is 1. The number of rotatable bonds is 3. The Kier molecular flexibility index (Phi) is 3.60. The summed E-state index contributed by atoms with van der Waals surface area (Å²) in [6, 6.07) is 0. The van der Waals surface area contributed by atoms with E-state index in [4.69, 9.17) is 5.73 Å². The molecule has 2 aliphatic rings. The van der Waals surface area contributed by atoms with Gasteiger partial charge in [-0.1, -0.05) is 6.08 Å². The number of pyridine rings is 1. The average molecular weight is 303 g/mol. The first-order valence-electron chi connectivity index (χ1n) is 7.21. The maximum absolute atomic E-state index is 14.4. The first-order chi connectivity index (χ1) is 10.5. The van der Waals surface area contributed by atoms with Gasteiger partial charge in [0, 0.05) is 17.8 Å². The van der Waals surface area contributed by atoms with E-state index in [1.165, 1.54) is 25.6 Å². The second kappa shape index (κ2) is 5.44. The third kappa shape index (κ3) is 2.45. The minimum absolute atomic E-state index is 0.0502. The van der Waals surface area contributed by atoms with E-state index in [9.17, 15) is 9.18 Å². The lowest BCUT2D eigenvalue weighted by molar-refractivity contribution is 0.0593. The van der Waals surface area contributed by atoms with E-state index in [2.05, 4.69) is 15.0 Å². The highest BCUT2D eigenvalue weighted by molar-refractivity contribution is 5.91. The van der Waals surface area contributed by atoms with Gasteiger partial charge in [-0.05, 0) is 37.3 Å². The SMILES string of the molecule is COC(=O)c1nc(C2=CC=C(C3CC3)NC2)c(F)c(N)c1C. The van der Waals surface area contributed by atoms with E-state index < -0.39 is 11.8 Å². The first-order valence-corrected chi connectivity index (χ1v) is 7.21. The summed E-state index contributed by atoms with van der Waals surface area (Å²) >= 11 is 0. The van der Waals surface area contributed by atoms with Gasteiger partial charge < -0.3 is 15.8 Å². The second-order valence-corrected chi connectivity index (χ2v) is 5.59. The number of esters is 1. The molecule has 2 heterocycles. The number of halogens is 1. The third-order valence-corrected chi connectivity index (χ3v) is 4.07. The highest BCUT2D eigenvalue weighted by Gasteiger charge is 2.28. The molecule has 0 amide bonds. The number of nitrogens with one attached hydrogen (secondary N) is 1. The minimum atomic E-state index is -0.621. The van der Waals surface area contributed by atoms with Crippen LogP contribution in [0.1, 0.15) is 34.6 Å². The van der Waals surface area contributed by atoms with Crippen LogP contribution in [0, 0.1) is 18.7 Å². The smallest absolute Gasteiger partial charge is 0.357 e. The molecule has 22 heavy (non-hydrogen) atoms. The molecule has 3 rings (SSSR count). The van der Waals surface area contributed by atoms with E-state index in [1.54, 1.807) is 6.92 Å². The van der Waals surface area contributed by atoms with Crippen LogP contribution in [-0.2, 0) is 4.74 Å². The van der Waals surface area contributed by atoms with Gasteiger partial charge in [-0.2, -0.15) is 0 Å². The number of carbonyl (C=O) groups is 1. The maximum Gasteiger partial charge on any atom is 0.357 e. The van der Waals surface area contributed by atoms with Crippen molar-refractivity contribution in [3.8, 4) is 0 Å². The largest absolute Gasteiger partial charge is 0.464 e. The molecule has 0 aromatic carbocycles. The van der Waals surface area contributed by atoms with Crippen LogP contribution in [0.2, 0.25) is 0 Å². The summed E-state index contributed by atoms with van der Waals surface area (Å²) < 4.78 is 19.1. The number of hydrogen-bond acceptors (Lipinski definition) is 5. The Morgan fingerprint density at radius 1 is 1.45 bits per heavy atom. The molecule has 0 radical (unpaired) electrons. The van der Waals surface area contributed by atoms with Crippen molar-refractivity contribution in [2.45, 2.75) is 19.8 Å². The number of anilines is 1. The van der Waals surface area contributed by atoms with Crippen LogP contribution in [-0.4, -0.2) is 24.6 Å². The molecule has 0 atom stereocenters. The second-order valence-electron chi connectivity index (χ2n) is 5.59. The van der Waals surface area contributed by atoms with Crippen molar-refractivity contribution in [2.75, 3.05) is 19.4 Å². The Labute approximate surface area is 128 Å². The highest BCUT2D eigenvalue weighted by Crippen LogP contribution is 2.37. The zero-order valence-corrected chi connectivity index (χ0v) is 12.6. The van der Waals surface area contributed by atoms with Crippen LogP contribution in [0.15, 0.2) is 17.8 Å². The first kappa shape index (κ1) is 14.6. The van der Waals surface area contributed by atoms with Crippen LogP contribution < -0.4 is 11.1 Å². The van der Waals surface area contributed by atoms with E-state index in [1.807, 2.05) is 12.2 Å². The third-order valence-electron chi connectivity index (χ3n) is 4.07. The molecule has 1 aliphatic heterocycles. The van der Waals surface area contributed by atoms with Crippen molar-refractivity contribution >= 4 is 17.2 Å². The summed E-state index contributed by atoms with van der Waals surface area (Å²) in [6.45, 7) is 2.02. The molecule has 0 spiro atoms. The molecule has 1 aromatic rings. The van der Waals surface area contributed by atoms with Gasteiger partial charge in [0.05, 0.1) is 12.8 Å². The molecular formula is C16H18FN3O2. The van der Waals surface area contributed by atoms with Gasteiger partial charge in [-0.25, -0.2) is 14.2 Å². The number of nitrogen functional groups attached to an aromatic ring is 1. The van der Waals surface area contributed by atoms with Crippen molar-refractivity contribution in [2.24, 2.45) is 5.92 Å². The Bertz CT molecular complexity index is 706. The summed E-state index contributed by atoms with van der Waals surface area (Å²) in [7, 11) is 1.26. The fourth-order valence-corrected chi connectivity index (χ4v) is 2.52. The number of dihydropyridines is 1. The van der Waals surface area contributed by atoms with Crippen LogP contribution >= 0.6 is 0 Å². The molecule has 5 nitrogen and oxygen atoms in total. The van der Waals surface area contributed by atoms with Gasteiger partial charge in [0.25, 0.3) is 0 Å². The number of carbonyl (C=O) groups excluding carboxylic acids is 1. The fourth-order valence-electron chi connectivity index (χ4n) is 2.52. The lowest BCUT2D eigenvalue weighted by Gasteiger charge is -2.19. The van der Waals surface area contributed by atoms with Crippen molar-refractivity contribution in [1.29, 1.82) is 0 Å². The normalized spacial score (nSPS) is 17.4. The van der Waals surface area contributed by atoms with E-state index >= 15 is 0 Å². The lowest BCUT2D eigenvalue weighted by atomic mass is 10.0. The molecule has 0 saturated heterocycles. The van der Waals surface area contributed by atoms with Gasteiger partial charge in [0.15, 0.2) is 11.5 Å². The summed E-state index contributed by atoms with van der Waals surface area (Å²) in [6.07, 6.45) is 6.17. The number of hydrogen-bond donors (Lipinski definition) is 2. The van der Waals surface area contributed by atoms with Crippen molar-refractivity contribution in [1.82, 2.24) is 10.3 Å². The van der Waals surface area contributed by atoms with E-state index in [0.717, 1.165) is 0 Å². The molecule has 6 heteroatoms. The predicted octanol–water partition coefficient (Wildman–Crippen LogP) is 2.18. The standard InChI is InChI=1S/C16H18FN3O2/c1-8-13(18)12(17)15(20-14(8)16(21)22-2)10-5-6-11(19-7-10)9-3-4-9/h5-6,9,19H,3-4,7H2,1-2H3,(H2,18,20). The van der Waals surface area contributed by atoms with Gasteiger partial charge in [0.2, 0.25) is 0 Å². The van der Waals surface area contributed by atoms with Crippen molar-refractivity contribution in [3.05, 3.63) is 40.6 Å². The van der Waals surface area contributed by atoms with E-state index in [0.29, 0.717) is 23.6 Å². The minimum Gasteiger partial charge on any atom is -0.464 e. The fraction of sp³-hybridized carbons (Fsp3) is 0.375. The van der Waals surface area contributed by atoms with Gasteiger partial charge in [0.1, 0.15) is 5.69 Å². The van der Waals surface area contributed by atoms with Crippen molar-refractivity contribution < 1.29 is 13.9 Å². The molecule has 3 N–H and O–H groups in total. The predicted molar refractivity (Wildman–Crippen MR) is 81.5 cm³/mol. The molecule has 1 saturated carbocycles. The highest BCUT2D eigenvalue weighted by atomic mass is 19.1.